The van der Waals surface area contributed by atoms with E-state index in [-0.39, 0.29) is 15.7 Å². The van der Waals surface area contributed by atoms with Crippen LogP contribution in [0.15, 0.2) is 12.1 Å². The van der Waals surface area contributed by atoms with E-state index in [1.807, 2.05) is 11.8 Å². The Morgan fingerprint density at radius 1 is 1.44 bits per heavy atom. The summed E-state index contributed by atoms with van der Waals surface area (Å²) in [7, 11) is 0. The molecule has 1 heterocycles. The van der Waals surface area contributed by atoms with Crippen LogP contribution in [0.4, 0.5) is 11.4 Å². The van der Waals surface area contributed by atoms with E-state index >= 15 is 0 Å². The number of non-ortho nitro benzene ring substituents is 1. The fourth-order valence-electron chi connectivity index (χ4n) is 1.86. The molecule has 4 nitrogen and oxygen atoms in total. The molecule has 1 N–H and O–H groups in total. The number of thioether (sulfide) groups is 1. The number of anilines is 1. The Balaban J connectivity index is 2.10. The fraction of sp³-hybridized carbons (Fsp3) is 0.455. The van der Waals surface area contributed by atoms with Gasteiger partial charge in [0.1, 0.15) is 0 Å². The van der Waals surface area contributed by atoms with Crippen molar-refractivity contribution in [2.45, 2.75) is 18.1 Å². The largest absolute Gasteiger partial charge is 0.382 e. The molecule has 1 fully saturated rings. The normalized spacial score (nSPS) is 18.9. The molecule has 0 amide bonds. The Morgan fingerprint density at radius 3 is 2.61 bits per heavy atom. The van der Waals surface area contributed by atoms with Gasteiger partial charge in [-0.1, -0.05) is 23.2 Å². The van der Waals surface area contributed by atoms with Gasteiger partial charge in [0.15, 0.2) is 0 Å². The first-order chi connectivity index (χ1) is 8.58. The maximum Gasteiger partial charge on any atom is 0.272 e. The van der Waals surface area contributed by atoms with Crippen molar-refractivity contribution >= 4 is 46.3 Å². The van der Waals surface area contributed by atoms with Gasteiger partial charge in [-0.05, 0) is 18.6 Å². The lowest BCUT2D eigenvalue weighted by Crippen LogP contribution is -2.14. The van der Waals surface area contributed by atoms with Gasteiger partial charge in [0.25, 0.3) is 5.69 Å². The molecule has 2 rings (SSSR count). The number of halogens is 2. The van der Waals surface area contributed by atoms with Crippen LogP contribution in [0.2, 0.25) is 10.0 Å². The van der Waals surface area contributed by atoms with Gasteiger partial charge < -0.3 is 5.32 Å². The molecule has 0 radical (unpaired) electrons. The van der Waals surface area contributed by atoms with Crippen LogP contribution in [0.25, 0.3) is 0 Å². The third kappa shape index (κ3) is 3.22. The van der Waals surface area contributed by atoms with E-state index in [0.29, 0.717) is 10.9 Å². The molecule has 0 saturated carbocycles. The zero-order valence-electron chi connectivity index (χ0n) is 9.49. The third-order valence-corrected chi connectivity index (χ3v) is 4.76. The van der Waals surface area contributed by atoms with Crippen LogP contribution in [-0.4, -0.2) is 22.5 Å². The average Bonchev–Trinajstić information content (AvgIpc) is 2.80. The molecule has 1 aromatic rings. The van der Waals surface area contributed by atoms with E-state index in [2.05, 4.69) is 5.32 Å². The molecule has 1 aromatic carbocycles. The van der Waals surface area contributed by atoms with E-state index in [9.17, 15) is 10.1 Å². The van der Waals surface area contributed by atoms with Crippen LogP contribution in [0.3, 0.4) is 0 Å². The van der Waals surface area contributed by atoms with Crippen LogP contribution in [0.1, 0.15) is 12.8 Å². The first-order valence-corrected chi connectivity index (χ1v) is 7.37. The number of hydrogen-bond acceptors (Lipinski definition) is 4. The Kier molecular flexibility index (Phi) is 4.59. The number of nitrogens with zero attached hydrogens (tertiary/aromatic N) is 1. The maximum absolute atomic E-state index is 10.6. The van der Waals surface area contributed by atoms with E-state index in [0.717, 1.165) is 6.54 Å². The monoisotopic (exact) mass is 306 g/mol. The predicted molar refractivity (Wildman–Crippen MR) is 77.1 cm³/mol. The average molecular weight is 307 g/mol. The van der Waals surface area contributed by atoms with Crippen molar-refractivity contribution in [3.63, 3.8) is 0 Å². The maximum atomic E-state index is 10.6. The number of nitrogens with one attached hydrogen (secondary N) is 1. The highest BCUT2D eigenvalue weighted by molar-refractivity contribution is 8.00. The van der Waals surface area contributed by atoms with Crippen LogP contribution in [0, 0.1) is 10.1 Å². The summed E-state index contributed by atoms with van der Waals surface area (Å²) in [5.74, 6) is 1.19. The number of rotatable bonds is 4. The quantitative estimate of drug-likeness (QED) is 0.669. The summed E-state index contributed by atoms with van der Waals surface area (Å²) in [5.41, 5.74) is 0.488. The lowest BCUT2D eigenvalue weighted by atomic mass is 10.2. The Bertz CT molecular complexity index is 441. The van der Waals surface area contributed by atoms with E-state index in [4.69, 9.17) is 23.2 Å². The summed E-state index contributed by atoms with van der Waals surface area (Å²) in [5, 5.41) is 15.0. The Labute approximate surface area is 119 Å². The standard InChI is InChI=1S/C11H12Cl2N2O2S/c12-9-4-7(15(16)17)5-10(13)11(9)14-6-8-2-1-3-18-8/h4-5,8,14H,1-3,6H2. The van der Waals surface area contributed by atoms with E-state index in [1.165, 1.54) is 30.7 Å². The Hall–Kier alpha value is -0.650. The van der Waals surface area contributed by atoms with Crippen molar-refractivity contribution in [1.82, 2.24) is 0 Å². The van der Waals surface area contributed by atoms with Gasteiger partial charge in [-0.3, -0.25) is 10.1 Å². The van der Waals surface area contributed by atoms with Gasteiger partial charge in [0, 0.05) is 23.9 Å². The van der Waals surface area contributed by atoms with E-state index < -0.39 is 4.92 Å². The third-order valence-electron chi connectivity index (χ3n) is 2.77. The predicted octanol–water partition coefficient (Wildman–Crippen LogP) is 4.21. The summed E-state index contributed by atoms with van der Waals surface area (Å²) >= 11 is 13.9. The van der Waals surface area contributed by atoms with E-state index in [1.54, 1.807) is 0 Å². The second-order valence-electron chi connectivity index (χ2n) is 4.06. The lowest BCUT2D eigenvalue weighted by molar-refractivity contribution is -0.384. The number of benzene rings is 1. The Morgan fingerprint density at radius 2 is 2.11 bits per heavy atom. The summed E-state index contributed by atoms with van der Waals surface area (Å²) in [6.45, 7) is 0.780. The molecule has 1 saturated heterocycles. The molecule has 1 aliphatic rings. The van der Waals surface area contributed by atoms with Crippen molar-refractivity contribution in [2.75, 3.05) is 17.6 Å². The molecule has 1 atom stereocenters. The molecule has 7 heteroatoms. The zero-order chi connectivity index (χ0) is 13.1. The second-order valence-corrected chi connectivity index (χ2v) is 6.28. The fourth-order valence-corrected chi connectivity index (χ4v) is 3.67. The summed E-state index contributed by atoms with van der Waals surface area (Å²) in [6, 6.07) is 2.63. The van der Waals surface area contributed by atoms with Crippen LogP contribution in [0.5, 0.6) is 0 Å². The highest BCUT2D eigenvalue weighted by Gasteiger charge is 2.18. The van der Waals surface area contributed by atoms with Gasteiger partial charge in [0.05, 0.1) is 20.7 Å². The summed E-state index contributed by atoms with van der Waals surface area (Å²) in [6.07, 6.45) is 2.42. The zero-order valence-corrected chi connectivity index (χ0v) is 11.8. The summed E-state index contributed by atoms with van der Waals surface area (Å²) < 4.78 is 0. The molecule has 98 valence electrons. The van der Waals surface area contributed by atoms with Crippen LogP contribution >= 0.6 is 35.0 Å². The molecular formula is C11H12Cl2N2O2S. The van der Waals surface area contributed by atoms with Crippen molar-refractivity contribution in [3.05, 3.63) is 32.3 Å². The molecule has 0 bridgehead atoms. The minimum Gasteiger partial charge on any atom is -0.382 e. The van der Waals surface area contributed by atoms with Gasteiger partial charge in [0.2, 0.25) is 0 Å². The number of nitro groups is 1. The molecule has 1 unspecified atom stereocenters. The first-order valence-electron chi connectivity index (χ1n) is 5.57. The van der Waals surface area contributed by atoms with Crippen LogP contribution in [-0.2, 0) is 0 Å². The lowest BCUT2D eigenvalue weighted by Gasteiger charge is -2.13. The SMILES string of the molecule is O=[N+]([O-])c1cc(Cl)c(NCC2CCCS2)c(Cl)c1. The molecular weight excluding hydrogens is 295 g/mol. The molecule has 0 spiro atoms. The molecule has 1 aliphatic heterocycles. The van der Waals surface area contributed by atoms with Crippen molar-refractivity contribution in [3.8, 4) is 0 Å². The highest BCUT2D eigenvalue weighted by Crippen LogP contribution is 2.35. The van der Waals surface area contributed by atoms with Gasteiger partial charge >= 0.3 is 0 Å². The second kappa shape index (κ2) is 5.99. The summed E-state index contributed by atoms with van der Waals surface area (Å²) in [4.78, 5) is 10.1. The van der Waals surface area contributed by atoms with Crippen molar-refractivity contribution in [2.24, 2.45) is 0 Å². The minimum atomic E-state index is -0.506. The number of nitro benzene ring substituents is 1. The van der Waals surface area contributed by atoms with Crippen molar-refractivity contribution in [1.29, 1.82) is 0 Å². The molecule has 18 heavy (non-hydrogen) atoms. The van der Waals surface area contributed by atoms with Crippen molar-refractivity contribution < 1.29 is 4.92 Å². The smallest absolute Gasteiger partial charge is 0.272 e. The molecule has 0 aromatic heterocycles. The van der Waals surface area contributed by atoms with Crippen LogP contribution < -0.4 is 5.32 Å². The molecule has 0 aliphatic carbocycles. The topological polar surface area (TPSA) is 55.2 Å². The minimum absolute atomic E-state index is 0.0919. The van der Waals surface area contributed by atoms with Gasteiger partial charge in [-0.15, -0.1) is 0 Å². The number of hydrogen-bond donors (Lipinski definition) is 1. The van der Waals surface area contributed by atoms with Gasteiger partial charge in [-0.2, -0.15) is 11.8 Å². The highest BCUT2D eigenvalue weighted by atomic mass is 35.5. The first kappa shape index (κ1) is 13.8. The van der Waals surface area contributed by atoms with Gasteiger partial charge in [-0.25, -0.2) is 0 Å².